The third-order valence-corrected chi connectivity index (χ3v) is 2.40. The molecule has 0 aliphatic rings. The summed E-state index contributed by atoms with van der Waals surface area (Å²) >= 11 is 0. The fraction of sp³-hybridized carbons (Fsp3) is 0.417. The van der Waals surface area contributed by atoms with Crippen LogP contribution in [-0.2, 0) is 17.4 Å². The van der Waals surface area contributed by atoms with Gasteiger partial charge in [-0.15, -0.1) is 0 Å². The quantitative estimate of drug-likeness (QED) is 0.727. The van der Waals surface area contributed by atoms with E-state index in [2.05, 4.69) is 0 Å². The van der Waals surface area contributed by atoms with Crippen LogP contribution in [0, 0.1) is 12.8 Å². The van der Waals surface area contributed by atoms with E-state index in [1.165, 1.54) is 13.0 Å². The highest BCUT2D eigenvalue weighted by Crippen LogP contribution is 2.32. The molecule has 1 aromatic rings. The summed E-state index contributed by atoms with van der Waals surface area (Å²) in [5.41, 5.74) is 0.121. The molecular weight excluding hydrogens is 217 g/mol. The van der Waals surface area contributed by atoms with Crippen LogP contribution in [0.2, 0.25) is 0 Å². The van der Waals surface area contributed by atoms with E-state index in [-0.39, 0.29) is 11.5 Å². The largest absolute Gasteiger partial charge is 0.416 e. The fourth-order valence-electron chi connectivity index (χ4n) is 1.52. The zero-order valence-electron chi connectivity index (χ0n) is 9.14. The van der Waals surface area contributed by atoms with E-state index >= 15 is 0 Å². The average molecular weight is 230 g/mol. The zero-order valence-corrected chi connectivity index (χ0v) is 9.14. The molecule has 0 spiro atoms. The molecule has 1 rings (SSSR count). The van der Waals surface area contributed by atoms with Gasteiger partial charge < -0.3 is 4.79 Å². The number of carbonyl (C=O) groups excluding carboxylic acids is 1. The maximum atomic E-state index is 12.6. The van der Waals surface area contributed by atoms with E-state index in [4.69, 9.17) is 0 Å². The van der Waals surface area contributed by atoms with Gasteiger partial charge in [0.25, 0.3) is 0 Å². The minimum Gasteiger partial charge on any atom is -0.303 e. The Balaban J connectivity index is 3.03. The summed E-state index contributed by atoms with van der Waals surface area (Å²) in [5.74, 6) is -0.260. The smallest absolute Gasteiger partial charge is 0.303 e. The second-order valence-electron chi connectivity index (χ2n) is 3.96. The van der Waals surface area contributed by atoms with Crippen molar-refractivity contribution in [2.75, 3.05) is 0 Å². The predicted octanol–water partition coefficient (Wildman–Crippen LogP) is 3.39. The van der Waals surface area contributed by atoms with Crippen molar-refractivity contribution in [3.8, 4) is 0 Å². The summed E-state index contributed by atoms with van der Waals surface area (Å²) in [5, 5.41) is 0. The van der Waals surface area contributed by atoms with Crippen molar-refractivity contribution in [3.05, 3.63) is 34.9 Å². The Morgan fingerprint density at radius 3 is 2.50 bits per heavy atom. The maximum Gasteiger partial charge on any atom is 0.416 e. The fourth-order valence-corrected chi connectivity index (χ4v) is 1.52. The highest BCUT2D eigenvalue weighted by atomic mass is 19.4. The molecule has 1 aromatic carbocycles. The van der Waals surface area contributed by atoms with Crippen molar-refractivity contribution in [1.29, 1.82) is 0 Å². The highest BCUT2D eigenvalue weighted by molar-refractivity contribution is 5.53. The molecule has 0 aromatic heterocycles. The van der Waals surface area contributed by atoms with Crippen molar-refractivity contribution < 1.29 is 18.0 Å². The standard InChI is InChI=1S/C12H13F3O/c1-8(7-16)5-10-4-3-9(2)11(6-10)12(13,14)15/h3-4,6-8H,5H2,1-2H3. The molecule has 0 fully saturated rings. The molecule has 16 heavy (non-hydrogen) atoms. The van der Waals surface area contributed by atoms with Crippen LogP contribution in [0.5, 0.6) is 0 Å². The second-order valence-corrected chi connectivity index (χ2v) is 3.96. The SMILES string of the molecule is Cc1ccc(CC(C)C=O)cc1C(F)(F)F. The minimum absolute atomic E-state index is 0.204. The molecule has 0 aliphatic heterocycles. The molecule has 0 heterocycles. The van der Waals surface area contributed by atoms with Gasteiger partial charge in [0.2, 0.25) is 0 Å². The predicted molar refractivity (Wildman–Crippen MR) is 55.1 cm³/mol. The summed E-state index contributed by atoms with van der Waals surface area (Å²) in [6.07, 6.45) is -3.25. The van der Waals surface area contributed by atoms with Gasteiger partial charge in [-0.1, -0.05) is 19.1 Å². The van der Waals surface area contributed by atoms with Gasteiger partial charge in [0, 0.05) is 5.92 Å². The third-order valence-electron chi connectivity index (χ3n) is 2.40. The van der Waals surface area contributed by atoms with Gasteiger partial charge in [-0.3, -0.25) is 0 Å². The Morgan fingerprint density at radius 2 is 2.00 bits per heavy atom. The van der Waals surface area contributed by atoms with Crippen LogP contribution in [0.1, 0.15) is 23.6 Å². The number of halogens is 3. The van der Waals surface area contributed by atoms with Crippen LogP contribution < -0.4 is 0 Å². The summed E-state index contributed by atoms with van der Waals surface area (Å²) in [6, 6.07) is 4.19. The summed E-state index contributed by atoms with van der Waals surface area (Å²) in [6.45, 7) is 3.11. The highest BCUT2D eigenvalue weighted by Gasteiger charge is 2.32. The molecule has 88 valence electrons. The summed E-state index contributed by atoms with van der Waals surface area (Å²) in [7, 11) is 0. The number of aldehydes is 1. The monoisotopic (exact) mass is 230 g/mol. The molecule has 0 saturated carbocycles. The van der Waals surface area contributed by atoms with Crippen molar-refractivity contribution >= 4 is 6.29 Å². The first-order valence-electron chi connectivity index (χ1n) is 4.96. The van der Waals surface area contributed by atoms with Crippen molar-refractivity contribution in [2.24, 2.45) is 5.92 Å². The molecule has 0 radical (unpaired) electrons. The Labute approximate surface area is 92.3 Å². The third kappa shape index (κ3) is 3.08. The normalized spacial score (nSPS) is 13.6. The van der Waals surface area contributed by atoms with Gasteiger partial charge in [-0.25, -0.2) is 0 Å². The van der Waals surface area contributed by atoms with E-state index < -0.39 is 11.7 Å². The topological polar surface area (TPSA) is 17.1 Å². The number of benzene rings is 1. The minimum atomic E-state index is -4.33. The van der Waals surface area contributed by atoms with Gasteiger partial charge >= 0.3 is 6.18 Å². The number of aryl methyl sites for hydroxylation is 1. The first-order chi connectivity index (χ1) is 7.34. The molecule has 0 bridgehead atoms. The lowest BCUT2D eigenvalue weighted by atomic mass is 9.98. The molecule has 1 atom stereocenters. The van der Waals surface area contributed by atoms with Gasteiger partial charge in [-0.2, -0.15) is 13.2 Å². The van der Waals surface area contributed by atoms with Crippen LogP contribution >= 0.6 is 0 Å². The van der Waals surface area contributed by atoms with Gasteiger partial charge in [0.15, 0.2) is 0 Å². The van der Waals surface area contributed by atoms with Crippen LogP contribution in [0.15, 0.2) is 18.2 Å². The van der Waals surface area contributed by atoms with Crippen LogP contribution in [0.3, 0.4) is 0 Å². The number of hydrogen-bond acceptors (Lipinski definition) is 1. The first kappa shape index (κ1) is 12.7. The number of rotatable bonds is 3. The van der Waals surface area contributed by atoms with E-state index in [9.17, 15) is 18.0 Å². The van der Waals surface area contributed by atoms with Crippen molar-refractivity contribution in [3.63, 3.8) is 0 Å². The Bertz CT molecular complexity index is 382. The van der Waals surface area contributed by atoms with E-state index in [1.54, 1.807) is 13.0 Å². The van der Waals surface area contributed by atoms with Crippen molar-refractivity contribution in [1.82, 2.24) is 0 Å². The molecular formula is C12H13F3O. The van der Waals surface area contributed by atoms with Gasteiger partial charge in [0.1, 0.15) is 6.29 Å². The molecule has 0 amide bonds. The van der Waals surface area contributed by atoms with E-state index in [0.717, 1.165) is 12.4 Å². The summed E-state index contributed by atoms with van der Waals surface area (Å²) < 4.78 is 37.7. The number of alkyl halides is 3. The number of carbonyl (C=O) groups is 1. The molecule has 0 aliphatic carbocycles. The first-order valence-corrected chi connectivity index (χ1v) is 4.96. The lowest BCUT2D eigenvalue weighted by Crippen LogP contribution is -2.09. The lowest BCUT2D eigenvalue weighted by Gasteiger charge is -2.12. The Kier molecular flexibility index (Phi) is 3.73. The molecule has 1 nitrogen and oxygen atoms in total. The Morgan fingerprint density at radius 1 is 1.38 bits per heavy atom. The van der Waals surface area contributed by atoms with Gasteiger partial charge in [0.05, 0.1) is 5.56 Å². The molecule has 0 N–H and O–H groups in total. The van der Waals surface area contributed by atoms with E-state index in [1.807, 2.05) is 0 Å². The molecule has 0 saturated heterocycles. The second kappa shape index (κ2) is 4.68. The Hall–Kier alpha value is -1.32. The van der Waals surface area contributed by atoms with Gasteiger partial charge in [-0.05, 0) is 30.5 Å². The van der Waals surface area contributed by atoms with Crippen LogP contribution in [0.25, 0.3) is 0 Å². The number of hydrogen-bond donors (Lipinski definition) is 0. The molecule has 1 unspecified atom stereocenters. The van der Waals surface area contributed by atoms with E-state index in [0.29, 0.717) is 12.0 Å². The summed E-state index contributed by atoms with van der Waals surface area (Å²) in [4.78, 5) is 10.4. The van der Waals surface area contributed by atoms with Crippen LogP contribution in [0.4, 0.5) is 13.2 Å². The van der Waals surface area contributed by atoms with Crippen LogP contribution in [-0.4, -0.2) is 6.29 Å². The average Bonchev–Trinajstić information content (AvgIpc) is 2.19. The molecule has 4 heteroatoms. The zero-order chi connectivity index (χ0) is 12.3. The van der Waals surface area contributed by atoms with Crippen molar-refractivity contribution in [2.45, 2.75) is 26.4 Å². The maximum absolute atomic E-state index is 12.6. The lowest BCUT2D eigenvalue weighted by molar-refractivity contribution is -0.138.